The van der Waals surface area contributed by atoms with Gasteiger partial charge in [0.05, 0.1) is 6.10 Å². The minimum Gasteiger partial charge on any atom is -0.392 e. The summed E-state index contributed by atoms with van der Waals surface area (Å²) in [5.74, 6) is -0.0220. The molecule has 0 aliphatic rings. The van der Waals surface area contributed by atoms with Crippen LogP contribution in [0.5, 0.6) is 0 Å². The highest BCUT2D eigenvalue weighted by molar-refractivity contribution is 5.78. The van der Waals surface area contributed by atoms with Crippen LogP contribution in [0.3, 0.4) is 0 Å². The van der Waals surface area contributed by atoms with Crippen LogP contribution in [0.25, 0.3) is 0 Å². The number of ketones is 1. The van der Waals surface area contributed by atoms with Gasteiger partial charge in [-0.05, 0) is 19.8 Å². The van der Waals surface area contributed by atoms with Gasteiger partial charge in [-0.1, -0.05) is 20.3 Å². The SMILES string of the molecule is CCCC(C(C)=O)C(O)CC. The number of hydrogen-bond donors (Lipinski definition) is 1. The van der Waals surface area contributed by atoms with E-state index in [1.165, 1.54) is 0 Å². The molecule has 66 valence electrons. The zero-order valence-corrected chi connectivity index (χ0v) is 7.63. The van der Waals surface area contributed by atoms with Crippen LogP contribution in [0.4, 0.5) is 0 Å². The second kappa shape index (κ2) is 5.30. The average molecular weight is 158 g/mol. The Morgan fingerprint density at radius 1 is 1.45 bits per heavy atom. The van der Waals surface area contributed by atoms with Crippen molar-refractivity contribution in [2.45, 2.75) is 46.1 Å². The van der Waals surface area contributed by atoms with E-state index in [0.717, 1.165) is 12.8 Å². The molecule has 2 heteroatoms. The van der Waals surface area contributed by atoms with Crippen LogP contribution in [-0.4, -0.2) is 17.0 Å². The highest BCUT2D eigenvalue weighted by atomic mass is 16.3. The number of rotatable bonds is 5. The highest BCUT2D eigenvalue weighted by Crippen LogP contribution is 2.14. The van der Waals surface area contributed by atoms with E-state index < -0.39 is 6.10 Å². The van der Waals surface area contributed by atoms with Crippen molar-refractivity contribution in [3.63, 3.8) is 0 Å². The number of carbonyl (C=O) groups is 1. The van der Waals surface area contributed by atoms with Crippen LogP contribution in [0, 0.1) is 5.92 Å². The van der Waals surface area contributed by atoms with E-state index in [4.69, 9.17) is 0 Å². The van der Waals surface area contributed by atoms with Crippen molar-refractivity contribution < 1.29 is 9.90 Å². The second-order valence-corrected chi connectivity index (χ2v) is 2.98. The Labute approximate surface area is 68.6 Å². The molecule has 0 spiro atoms. The maximum absolute atomic E-state index is 11.0. The van der Waals surface area contributed by atoms with Gasteiger partial charge in [-0.2, -0.15) is 0 Å². The topological polar surface area (TPSA) is 37.3 Å². The van der Waals surface area contributed by atoms with E-state index in [1.54, 1.807) is 6.92 Å². The van der Waals surface area contributed by atoms with Crippen molar-refractivity contribution in [1.29, 1.82) is 0 Å². The molecule has 0 rings (SSSR count). The molecular formula is C9H18O2. The van der Waals surface area contributed by atoms with E-state index in [1.807, 2.05) is 13.8 Å². The van der Waals surface area contributed by atoms with Crippen LogP contribution >= 0.6 is 0 Å². The molecule has 2 unspecified atom stereocenters. The smallest absolute Gasteiger partial charge is 0.135 e. The summed E-state index contributed by atoms with van der Waals surface area (Å²) in [5.41, 5.74) is 0. The summed E-state index contributed by atoms with van der Waals surface area (Å²) in [6.45, 7) is 5.48. The standard InChI is InChI=1S/C9H18O2/c1-4-6-8(7(3)10)9(11)5-2/h8-9,11H,4-6H2,1-3H3. The molecule has 0 aromatic rings. The molecule has 0 aliphatic heterocycles. The fraction of sp³-hybridized carbons (Fsp3) is 0.889. The lowest BCUT2D eigenvalue weighted by Crippen LogP contribution is -2.25. The van der Waals surface area contributed by atoms with Crippen molar-refractivity contribution in [2.24, 2.45) is 5.92 Å². The molecular weight excluding hydrogens is 140 g/mol. The van der Waals surface area contributed by atoms with Crippen LogP contribution in [0.1, 0.15) is 40.0 Å². The number of carbonyl (C=O) groups excluding carboxylic acids is 1. The largest absolute Gasteiger partial charge is 0.392 e. The molecule has 0 aromatic heterocycles. The second-order valence-electron chi connectivity index (χ2n) is 2.98. The lowest BCUT2D eigenvalue weighted by molar-refractivity contribution is -0.124. The maximum atomic E-state index is 11.0. The van der Waals surface area contributed by atoms with Crippen molar-refractivity contribution in [2.75, 3.05) is 0 Å². The van der Waals surface area contributed by atoms with Gasteiger partial charge in [0.25, 0.3) is 0 Å². The molecule has 0 saturated heterocycles. The Hall–Kier alpha value is -0.370. The quantitative estimate of drug-likeness (QED) is 0.662. The van der Waals surface area contributed by atoms with Crippen LogP contribution in [0.2, 0.25) is 0 Å². The first kappa shape index (κ1) is 10.6. The predicted molar refractivity (Wildman–Crippen MR) is 45.4 cm³/mol. The predicted octanol–water partition coefficient (Wildman–Crippen LogP) is 1.76. The lowest BCUT2D eigenvalue weighted by atomic mass is 9.92. The molecule has 0 fully saturated rings. The molecule has 2 nitrogen and oxygen atoms in total. The van der Waals surface area contributed by atoms with Crippen LogP contribution < -0.4 is 0 Å². The Kier molecular flexibility index (Phi) is 5.12. The first-order chi connectivity index (χ1) is 5.13. The fourth-order valence-electron chi connectivity index (χ4n) is 1.26. The van der Waals surface area contributed by atoms with E-state index in [-0.39, 0.29) is 11.7 Å². The maximum Gasteiger partial charge on any atom is 0.135 e. The molecule has 0 heterocycles. The van der Waals surface area contributed by atoms with E-state index >= 15 is 0 Å². The summed E-state index contributed by atoms with van der Waals surface area (Å²) in [7, 11) is 0. The molecule has 11 heavy (non-hydrogen) atoms. The third kappa shape index (κ3) is 3.51. The van der Waals surface area contributed by atoms with Crippen LogP contribution in [-0.2, 0) is 4.79 Å². The fourth-order valence-corrected chi connectivity index (χ4v) is 1.26. The summed E-state index contributed by atoms with van der Waals surface area (Å²) in [5, 5.41) is 9.40. The van der Waals surface area contributed by atoms with Gasteiger partial charge in [0.2, 0.25) is 0 Å². The first-order valence-corrected chi connectivity index (χ1v) is 4.32. The minimum atomic E-state index is -0.438. The monoisotopic (exact) mass is 158 g/mol. The zero-order valence-electron chi connectivity index (χ0n) is 7.63. The van der Waals surface area contributed by atoms with Gasteiger partial charge >= 0.3 is 0 Å². The molecule has 0 amide bonds. The van der Waals surface area contributed by atoms with Gasteiger partial charge < -0.3 is 5.11 Å². The number of aliphatic hydroxyl groups excluding tert-OH is 1. The molecule has 0 aliphatic carbocycles. The van der Waals surface area contributed by atoms with E-state index in [0.29, 0.717) is 6.42 Å². The summed E-state index contributed by atoms with van der Waals surface area (Å²) in [4.78, 5) is 11.0. The van der Waals surface area contributed by atoms with Gasteiger partial charge in [0, 0.05) is 5.92 Å². The molecule has 0 aromatic carbocycles. The van der Waals surface area contributed by atoms with Gasteiger partial charge in [0.1, 0.15) is 5.78 Å². The molecule has 0 bridgehead atoms. The van der Waals surface area contributed by atoms with Crippen molar-refractivity contribution in [1.82, 2.24) is 0 Å². The third-order valence-corrected chi connectivity index (χ3v) is 2.00. The number of Topliss-reactive ketones (excluding diaryl/α,β-unsaturated/α-hetero) is 1. The highest BCUT2D eigenvalue weighted by Gasteiger charge is 2.20. The zero-order chi connectivity index (χ0) is 8.85. The van der Waals surface area contributed by atoms with Gasteiger partial charge in [-0.3, -0.25) is 4.79 Å². The normalized spacial score (nSPS) is 16.0. The third-order valence-electron chi connectivity index (χ3n) is 2.00. The summed E-state index contributed by atoms with van der Waals surface area (Å²) in [6.07, 6.45) is 2.00. The van der Waals surface area contributed by atoms with Crippen molar-refractivity contribution in [3.8, 4) is 0 Å². The first-order valence-electron chi connectivity index (χ1n) is 4.32. The summed E-state index contributed by atoms with van der Waals surface area (Å²) < 4.78 is 0. The number of hydrogen-bond acceptors (Lipinski definition) is 2. The summed E-state index contributed by atoms with van der Waals surface area (Å²) in [6, 6.07) is 0. The Balaban J connectivity index is 3.97. The van der Waals surface area contributed by atoms with Crippen LogP contribution in [0.15, 0.2) is 0 Å². The Morgan fingerprint density at radius 3 is 2.27 bits per heavy atom. The molecule has 0 radical (unpaired) electrons. The Bertz CT molecular complexity index is 121. The molecule has 0 saturated carbocycles. The Morgan fingerprint density at radius 2 is 2.00 bits per heavy atom. The van der Waals surface area contributed by atoms with E-state index in [2.05, 4.69) is 0 Å². The minimum absolute atomic E-state index is 0.112. The van der Waals surface area contributed by atoms with Crippen molar-refractivity contribution >= 4 is 5.78 Å². The lowest BCUT2D eigenvalue weighted by Gasteiger charge is -2.17. The molecule has 1 N–H and O–H groups in total. The van der Waals surface area contributed by atoms with Gasteiger partial charge in [-0.25, -0.2) is 0 Å². The van der Waals surface area contributed by atoms with Crippen molar-refractivity contribution in [3.05, 3.63) is 0 Å². The average Bonchev–Trinajstić information content (AvgIpc) is 1.98. The number of aliphatic hydroxyl groups is 1. The van der Waals surface area contributed by atoms with Gasteiger partial charge in [0.15, 0.2) is 0 Å². The summed E-state index contributed by atoms with van der Waals surface area (Å²) >= 11 is 0. The van der Waals surface area contributed by atoms with Gasteiger partial charge in [-0.15, -0.1) is 0 Å². The molecule has 2 atom stereocenters. The van der Waals surface area contributed by atoms with E-state index in [9.17, 15) is 9.90 Å².